The van der Waals surface area contributed by atoms with Crippen molar-refractivity contribution in [2.24, 2.45) is 5.41 Å². The molecule has 0 saturated heterocycles. The molecule has 0 spiro atoms. The lowest BCUT2D eigenvalue weighted by Crippen LogP contribution is -2.58. The summed E-state index contributed by atoms with van der Waals surface area (Å²) in [4.78, 5) is 27.1. The maximum absolute atomic E-state index is 13.5. The highest BCUT2D eigenvalue weighted by Crippen LogP contribution is 2.41. The number of hydrogen-bond donors (Lipinski definition) is 2. The van der Waals surface area contributed by atoms with Crippen LogP contribution in [0.15, 0.2) is 24.3 Å². The van der Waals surface area contributed by atoms with Gasteiger partial charge in [-0.2, -0.15) is 8.42 Å². The molecule has 0 aliphatic carbocycles. The molecule has 49 heavy (non-hydrogen) atoms. The fourth-order valence-electron chi connectivity index (χ4n) is 6.47. The van der Waals surface area contributed by atoms with Gasteiger partial charge in [0.15, 0.2) is 11.6 Å². The maximum Gasteiger partial charge on any atom is 0.400 e. The van der Waals surface area contributed by atoms with Crippen molar-refractivity contribution in [3.63, 3.8) is 0 Å². The number of unbranched alkanes of at least 4 members (excludes halogenated alkanes) is 22. The van der Waals surface area contributed by atoms with Crippen LogP contribution < -0.4 is 0 Å². The number of allylic oxidation sites excluding steroid dienone is 4. The Hall–Kier alpha value is -1.35. The van der Waals surface area contributed by atoms with Crippen LogP contribution in [0.2, 0.25) is 0 Å². The topological polar surface area (TPSA) is 118 Å². The number of carbonyl (C=O) groups excluding carboxylic acids is 2. The van der Waals surface area contributed by atoms with E-state index in [-0.39, 0.29) is 19.3 Å². The standard InChI is InChI=1S/C41H76O7S/c1-5-8-10-12-14-16-18-20-22-24-26-28-30-32-34-36-38(42)40(4,41(44,7-3)48-49(45,46)47)39(43)37-35-33-31-29-27-25-23-21-19-17-15-13-11-9-6-2/h20-23,44H,5-19,24-37H2,1-4H3,(H,45,46,47). The summed E-state index contributed by atoms with van der Waals surface area (Å²) in [5, 5.41) is 11.3. The number of ketones is 2. The molecule has 2 N–H and O–H groups in total. The predicted molar refractivity (Wildman–Crippen MR) is 205 cm³/mol. The van der Waals surface area contributed by atoms with Crippen molar-refractivity contribution >= 4 is 22.0 Å². The second-order valence-electron chi connectivity index (χ2n) is 14.3. The monoisotopic (exact) mass is 713 g/mol. The summed E-state index contributed by atoms with van der Waals surface area (Å²) >= 11 is 0. The molecule has 0 aromatic rings. The molecule has 0 aliphatic rings. The molecule has 0 aliphatic heterocycles. The average molecular weight is 713 g/mol. The first-order valence-corrected chi connectivity index (χ1v) is 21.6. The van der Waals surface area contributed by atoms with Crippen LogP contribution >= 0.6 is 0 Å². The molecule has 7 nitrogen and oxygen atoms in total. The SMILES string of the molecule is CCCCCCCCC=CCCCCCCCC(=O)C(C)(C(=O)CCCCCCCC=CCCCCCCCC)C(O)(CC)OS(=O)(=O)O. The summed E-state index contributed by atoms with van der Waals surface area (Å²) in [6.45, 7) is 7.19. The Morgan fingerprint density at radius 3 is 1.10 bits per heavy atom. The van der Waals surface area contributed by atoms with Crippen LogP contribution in [-0.2, 0) is 24.2 Å². The molecule has 0 fully saturated rings. The van der Waals surface area contributed by atoms with E-state index in [9.17, 15) is 27.7 Å². The van der Waals surface area contributed by atoms with Crippen molar-refractivity contribution in [2.45, 2.75) is 220 Å². The van der Waals surface area contributed by atoms with Gasteiger partial charge in [-0.1, -0.05) is 148 Å². The molecule has 1 atom stereocenters. The molecule has 0 rings (SSSR count). The van der Waals surface area contributed by atoms with E-state index in [1.807, 2.05) is 0 Å². The maximum atomic E-state index is 13.5. The van der Waals surface area contributed by atoms with Gasteiger partial charge in [-0.15, -0.1) is 0 Å². The fraction of sp³-hybridized carbons (Fsp3) is 0.854. The van der Waals surface area contributed by atoms with E-state index in [1.54, 1.807) is 0 Å². The Bertz CT molecular complexity index is 936. The first-order chi connectivity index (χ1) is 23.5. The van der Waals surface area contributed by atoms with E-state index in [4.69, 9.17) is 0 Å². The highest BCUT2D eigenvalue weighted by Gasteiger charge is 2.58. The zero-order valence-corrected chi connectivity index (χ0v) is 33.0. The van der Waals surface area contributed by atoms with E-state index < -0.39 is 33.2 Å². The minimum atomic E-state index is -5.11. The predicted octanol–water partition coefficient (Wildman–Crippen LogP) is 12.1. The summed E-state index contributed by atoms with van der Waals surface area (Å²) in [5.74, 6) is -3.75. The lowest BCUT2D eigenvalue weighted by Gasteiger charge is -2.40. The van der Waals surface area contributed by atoms with Crippen LogP contribution in [0.4, 0.5) is 0 Å². The van der Waals surface area contributed by atoms with Gasteiger partial charge in [-0.3, -0.25) is 14.1 Å². The van der Waals surface area contributed by atoms with E-state index >= 15 is 0 Å². The van der Waals surface area contributed by atoms with Crippen LogP contribution in [0.25, 0.3) is 0 Å². The second kappa shape index (κ2) is 30.3. The summed E-state index contributed by atoms with van der Waals surface area (Å²) in [6.07, 6.45) is 37.8. The Morgan fingerprint density at radius 1 is 0.531 bits per heavy atom. The van der Waals surface area contributed by atoms with Gasteiger partial charge in [-0.25, -0.2) is 4.18 Å². The lowest BCUT2D eigenvalue weighted by molar-refractivity contribution is -0.215. The zero-order chi connectivity index (χ0) is 36.7. The molecule has 0 bridgehead atoms. The average Bonchev–Trinajstić information content (AvgIpc) is 3.06. The summed E-state index contributed by atoms with van der Waals surface area (Å²) in [7, 11) is -5.11. The third-order valence-electron chi connectivity index (χ3n) is 9.95. The van der Waals surface area contributed by atoms with E-state index in [0.29, 0.717) is 12.8 Å². The molecule has 1 unspecified atom stereocenters. The number of hydrogen-bond acceptors (Lipinski definition) is 6. The van der Waals surface area contributed by atoms with Crippen molar-refractivity contribution in [3.05, 3.63) is 24.3 Å². The number of rotatable bonds is 36. The Kier molecular flexibility index (Phi) is 29.5. The lowest BCUT2D eigenvalue weighted by atomic mass is 9.70. The van der Waals surface area contributed by atoms with Crippen molar-refractivity contribution < 1.29 is 31.8 Å². The van der Waals surface area contributed by atoms with Crippen molar-refractivity contribution in [1.82, 2.24) is 0 Å². The molecule has 8 heteroatoms. The van der Waals surface area contributed by atoms with Gasteiger partial charge in [0.1, 0.15) is 5.41 Å². The minimum Gasteiger partial charge on any atom is -0.363 e. The molecule has 0 aromatic heterocycles. The molecule has 0 radical (unpaired) electrons. The van der Waals surface area contributed by atoms with Gasteiger partial charge in [0.25, 0.3) is 0 Å². The largest absolute Gasteiger partial charge is 0.400 e. The van der Waals surface area contributed by atoms with Crippen LogP contribution in [0.1, 0.15) is 214 Å². The van der Waals surface area contributed by atoms with Crippen molar-refractivity contribution in [2.75, 3.05) is 0 Å². The molecule has 0 amide bonds. The molecule has 0 aromatic carbocycles. The molecule has 288 valence electrons. The molecule has 0 saturated carbocycles. The minimum absolute atomic E-state index is 0.0317. The molecule has 0 heterocycles. The Balaban J connectivity index is 4.62. The van der Waals surface area contributed by atoms with Crippen LogP contribution in [-0.4, -0.2) is 35.4 Å². The third-order valence-corrected chi connectivity index (χ3v) is 10.4. The van der Waals surface area contributed by atoms with Gasteiger partial charge in [0, 0.05) is 19.3 Å². The summed E-state index contributed by atoms with van der Waals surface area (Å²) in [6, 6.07) is 0. The number of aliphatic hydroxyl groups is 1. The smallest absolute Gasteiger partial charge is 0.363 e. The van der Waals surface area contributed by atoms with Gasteiger partial charge in [-0.05, 0) is 71.1 Å². The van der Waals surface area contributed by atoms with Gasteiger partial charge in [0.2, 0.25) is 5.79 Å². The highest BCUT2D eigenvalue weighted by molar-refractivity contribution is 7.80. The van der Waals surface area contributed by atoms with Crippen molar-refractivity contribution in [3.8, 4) is 0 Å². The normalized spacial score (nSPS) is 14.8. The molecular weight excluding hydrogens is 637 g/mol. The summed E-state index contributed by atoms with van der Waals surface area (Å²) < 4.78 is 37.4. The Labute approximate surface area is 302 Å². The molecular formula is C41H76O7S. The van der Waals surface area contributed by atoms with Gasteiger partial charge >= 0.3 is 10.4 Å². The van der Waals surface area contributed by atoms with E-state index in [1.165, 1.54) is 90.9 Å². The fourth-order valence-corrected chi connectivity index (χ4v) is 7.11. The second-order valence-corrected chi connectivity index (χ2v) is 15.3. The van der Waals surface area contributed by atoms with E-state index in [2.05, 4.69) is 42.3 Å². The van der Waals surface area contributed by atoms with Crippen LogP contribution in [0, 0.1) is 5.41 Å². The zero-order valence-electron chi connectivity index (χ0n) is 32.2. The third kappa shape index (κ3) is 23.7. The van der Waals surface area contributed by atoms with Crippen molar-refractivity contribution in [1.29, 1.82) is 0 Å². The first kappa shape index (κ1) is 47.7. The highest BCUT2D eigenvalue weighted by atomic mass is 32.3. The van der Waals surface area contributed by atoms with E-state index in [0.717, 1.165) is 77.0 Å². The van der Waals surface area contributed by atoms with Crippen LogP contribution in [0.5, 0.6) is 0 Å². The first-order valence-electron chi connectivity index (χ1n) is 20.3. The van der Waals surface area contributed by atoms with Gasteiger partial charge < -0.3 is 5.11 Å². The Morgan fingerprint density at radius 2 is 0.816 bits per heavy atom. The van der Waals surface area contributed by atoms with Gasteiger partial charge in [0.05, 0.1) is 0 Å². The van der Waals surface area contributed by atoms with Crippen LogP contribution in [0.3, 0.4) is 0 Å². The number of Topliss-reactive ketones (excluding diaryl/α,β-unsaturated/α-hetero) is 2. The number of carbonyl (C=O) groups is 2. The quantitative estimate of drug-likeness (QED) is 0.0218. The summed E-state index contributed by atoms with van der Waals surface area (Å²) in [5.41, 5.74) is -2.10.